The second kappa shape index (κ2) is 19.2. The standard InChI is InChI=1S/C47H54N2O6S/c1-3-27-53-47-44(56-38-20-8-5-9-21-38)30-42(49-54-31-34-16-6-4-7-17-34)40-28-35(18-10-12-25-50)39(22-11-13-26-51)45(46(40)47)41-29-37(23-24-43(41)55-47)52-32-36-19-14-15-33(2)48-36/h3-9,14-17,19-21,23-24,28-29,35,39,44-46,50-51H,1,10-13,18,22,25-27,30-32H2,2H3/t35-,39+,44-,45+,46+,47+/m0/s1. The van der Waals surface area contributed by atoms with Gasteiger partial charge in [-0.15, -0.1) is 18.3 Å². The molecule has 3 aromatic carbocycles. The van der Waals surface area contributed by atoms with Gasteiger partial charge < -0.3 is 29.3 Å². The minimum atomic E-state index is -1.06. The number of nitrogens with zero attached hydrogens (tertiary/aromatic N) is 2. The molecule has 3 aliphatic rings. The number of aryl methyl sites for hydroxylation is 1. The van der Waals surface area contributed by atoms with Gasteiger partial charge in [-0.05, 0) is 98.0 Å². The minimum Gasteiger partial charge on any atom is -0.487 e. The minimum absolute atomic E-state index is 0.0273. The summed E-state index contributed by atoms with van der Waals surface area (Å²) in [5.74, 6) is 0.616. The number of ether oxygens (including phenoxy) is 3. The zero-order valence-corrected chi connectivity index (χ0v) is 33.1. The van der Waals surface area contributed by atoms with Crippen LogP contribution in [0.15, 0.2) is 131 Å². The number of hydrogen-bond donors (Lipinski definition) is 2. The van der Waals surface area contributed by atoms with Crippen molar-refractivity contribution in [2.45, 2.75) is 86.9 Å². The maximum absolute atomic E-state index is 9.93. The summed E-state index contributed by atoms with van der Waals surface area (Å²) in [5, 5.41) is 24.5. The van der Waals surface area contributed by atoms with Crippen molar-refractivity contribution in [3.05, 3.63) is 144 Å². The molecule has 0 amide bonds. The van der Waals surface area contributed by atoms with Gasteiger partial charge in [0.25, 0.3) is 0 Å². The van der Waals surface area contributed by atoms with Crippen LogP contribution < -0.4 is 9.47 Å². The monoisotopic (exact) mass is 774 g/mol. The fraction of sp³-hybridized carbons (Fsp3) is 0.404. The van der Waals surface area contributed by atoms with Gasteiger partial charge in [0, 0.05) is 41.7 Å². The molecule has 2 heterocycles. The number of allylic oxidation sites excluding steroid dienone is 1. The number of fused-ring (bicyclic) bond motifs is 2. The van der Waals surface area contributed by atoms with Crippen molar-refractivity contribution in [2.24, 2.45) is 22.9 Å². The zero-order valence-electron chi connectivity index (χ0n) is 32.3. The maximum atomic E-state index is 9.93. The van der Waals surface area contributed by atoms with Gasteiger partial charge in [0.2, 0.25) is 5.79 Å². The molecule has 2 aliphatic carbocycles. The molecule has 8 nitrogen and oxygen atoms in total. The fourth-order valence-electron chi connectivity index (χ4n) is 8.77. The quantitative estimate of drug-likeness (QED) is 0.0552. The van der Waals surface area contributed by atoms with Gasteiger partial charge in [-0.25, -0.2) is 0 Å². The van der Waals surface area contributed by atoms with E-state index in [9.17, 15) is 10.2 Å². The van der Waals surface area contributed by atoms with E-state index in [0.717, 1.165) is 88.7 Å². The number of pyridine rings is 1. The summed E-state index contributed by atoms with van der Waals surface area (Å²) in [6.45, 7) is 7.38. The lowest BCUT2D eigenvalue weighted by Crippen LogP contribution is -2.64. The Morgan fingerprint density at radius 3 is 2.43 bits per heavy atom. The van der Waals surface area contributed by atoms with Crippen LogP contribution in [0.2, 0.25) is 0 Å². The van der Waals surface area contributed by atoms with Crippen molar-refractivity contribution < 1.29 is 29.3 Å². The second-order valence-corrected chi connectivity index (χ2v) is 16.3. The molecule has 0 bridgehead atoms. The molecule has 0 spiro atoms. The fourth-order valence-corrected chi connectivity index (χ4v) is 10.1. The molecule has 7 rings (SSSR count). The summed E-state index contributed by atoms with van der Waals surface area (Å²) in [5.41, 5.74) is 5.97. The van der Waals surface area contributed by atoms with Crippen LogP contribution in [0.25, 0.3) is 0 Å². The smallest absolute Gasteiger partial charge is 0.231 e. The van der Waals surface area contributed by atoms with E-state index >= 15 is 0 Å². The first-order valence-corrected chi connectivity index (χ1v) is 20.9. The highest BCUT2D eigenvalue weighted by Gasteiger charge is 2.64. The Kier molecular flexibility index (Phi) is 13.6. The van der Waals surface area contributed by atoms with Crippen LogP contribution in [0.3, 0.4) is 0 Å². The molecule has 0 radical (unpaired) electrons. The summed E-state index contributed by atoms with van der Waals surface area (Å²) in [7, 11) is 0. The highest BCUT2D eigenvalue weighted by Crippen LogP contribution is 2.63. The van der Waals surface area contributed by atoms with Gasteiger partial charge >= 0.3 is 0 Å². The molecule has 9 heteroatoms. The van der Waals surface area contributed by atoms with Gasteiger partial charge in [0.1, 0.15) is 24.7 Å². The molecule has 294 valence electrons. The van der Waals surface area contributed by atoms with E-state index in [-0.39, 0.29) is 42.1 Å². The molecule has 1 fully saturated rings. The van der Waals surface area contributed by atoms with E-state index in [1.54, 1.807) is 17.8 Å². The van der Waals surface area contributed by atoms with Crippen molar-refractivity contribution in [1.29, 1.82) is 0 Å². The molecule has 2 N–H and O–H groups in total. The lowest BCUT2D eigenvalue weighted by Gasteiger charge is -2.58. The number of oxime groups is 1. The van der Waals surface area contributed by atoms with E-state index in [0.29, 0.717) is 26.2 Å². The van der Waals surface area contributed by atoms with Crippen LogP contribution in [0.4, 0.5) is 0 Å². The largest absolute Gasteiger partial charge is 0.487 e. The topological polar surface area (TPSA) is 103 Å². The second-order valence-electron chi connectivity index (χ2n) is 15.0. The molecule has 1 aromatic heterocycles. The van der Waals surface area contributed by atoms with E-state index in [2.05, 4.69) is 48.0 Å². The number of rotatable bonds is 19. The third-order valence-corrected chi connectivity index (χ3v) is 12.5. The van der Waals surface area contributed by atoms with Gasteiger partial charge in [0.05, 0.1) is 29.2 Å². The number of aromatic nitrogens is 1. The van der Waals surface area contributed by atoms with Crippen LogP contribution in [-0.4, -0.2) is 51.8 Å². The summed E-state index contributed by atoms with van der Waals surface area (Å²) in [6, 6.07) is 32.7. The SMILES string of the molecule is C=CCO[C@@]12Oc3ccc(OCc4cccc(C)n4)cc3[C@H]3[C@H](CCCCO)[C@@H](CCCCO)C=C(C(=NOCc4ccccc4)C[C@@H]1Sc1ccccc1)[C@H]32. The molecule has 1 saturated carbocycles. The van der Waals surface area contributed by atoms with Crippen LogP contribution in [0, 0.1) is 24.7 Å². The molecule has 0 unspecified atom stereocenters. The normalized spacial score (nSPS) is 24.4. The van der Waals surface area contributed by atoms with Crippen molar-refractivity contribution in [3.8, 4) is 11.5 Å². The lowest BCUT2D eigenvalue weighted by atomic mass is 9.56. The van der Waals surface area contributed by atoms with Gasteiger partial charge in [-0.2, -0.15) is 0 Å². The zero-order chi connectivity index (χ0) is 38.7. The lowest BCUT2D eigenvalue weighted by molar-refractivity contribution is -0.223. The van der Waals surface area contributed by atoms with E-state index in [1.807, 2.05) is 73.7 Å². The summed E-state index contributed by atoms with van der Waals surface area (Å²) < 4.78 is 20.9. The molecule has 1 aliphatic heterocycles. The van der Waals surface area contributed by atoms with Crippen molar-refractivity contribution in [1.82, 2.24) is 4.98 Å². The Balaban J connectivity index is 1.37. The first-order valence-electron chi connectivity index (χ1n) is 20.0. The summed E-state index contributed by atoms with van der Waals surface area (Å²) in [4.78, 5) is 12.0. The van der Waals surface area contributed by atoms with Crippen LogP contribution in [-0.2, 0) is 22.8 Å². The number of unbranched alkanes of at least 4 members (excludes halogenated alkanes) is 2. The van der Waals surface area contributed by atoms with E-state index in [1.165, 1.54) is 0 Å². The molecular weight excluding hydrogens is 721 g/mol. The molecule has 4 aromatic rings. The van der Waals surface area contributed by atoms with Gasteiger partial charge in [0.15, 0.2) is 0 Å². The number of benzene rings is 3. The molecule has 6 atom stereocenters. The van der Waals surface area contributed by atoms with Crippen molar-refractivity contribution >= 4 is 17.5 Å². The van der Waals surface area contributed by atoms with Gasteiger partial charge in [-0.3, -0.25) is 4.98 Å². The van der Waals surface area contributed by atoms with Crippen molar-refractivity contribution in [2.75, 3.05) is 19.8 Å². The van der Waals surface area contributed by atoms with Gasteiger partial charge in [-0.1, -0.05) is 84.7 Å². The summed E-state index contributed by atoms with van der Waals surface area (Å²) in [6.07, 6.45) is 9.90. The molecule has 56 heavy (non-hydrogen) atoms. The maximum Gasteiger partial charge on any atom is 0.231 e. The average Bonchev–Trinajstić information content (AvgIpc) is 3.22. The van der Waals surface area contributed by atoms with E-state index in [4.69, 9.17) is 24.2 Å². The Morgan fingerprint density at radius 1 is 0.911 bits per heavy atom. The number of aliphatic hydroxyl groups excluding tert-OH is 2. The van der Waals surface area contributed by atoms with Crippen molar-refractivity contribution in [3.63, 3.8) is 0 Å². The Morgan fingerprint density at radius 2 is 1.68 bits per heavy atom. The average molecular weight is 775 g/mol. The predicted octanol–water partition coefficient (Wildman–Crippen LogP) is 9.60. The first kappa shape index (κ1) is 39.8. The Bertz CT molecular complexity index is 1950. The summed E-state index contributed by atoms with van der Waals surface area (Å²) >= 11 is 1.76. The Labute approximate surface area is 335 Å². The van der Waals surface area contributed by atoms with Crippen LogP contribution in [0.5, 0.6) is 11.5 Å². The number of aliphatic hydroxyl groups is 2. The Hall–Kier alpha value is -4.41. The third kappa shape index (κ3) is 9.07. The predicted molar refractivity (Wildman–Crippen MR) is 222 cm³/mol. The van der Waals surface area contributed by atoms with E-state index < -0.39 is 5.79 Å². The highest BCUT2D eigenvalue weighted by molar-refractivity contribution is 8.00. The number of hydrogen-bond acceptors (Lipinski definition) is 9. The number of thioether (sulfide) groups is 1. The molecule has 0 saturated heterocycles. The van der Waals surface area contributed by atoms with Crippen LogP contribution in [0.1, 0.15) is 73.4 Å². The third-order valence-electron chi connectivity index (χ3n) is 11.2. The van der Waals surface area contributed by atoms with Crippen LogP contribution >= 0.6 is 11.8 Å². The molecular formula is C47H54N2O6S. The highest BCUT2D eigenvalue weighted by atomic mass is 32.2. The first-order chi connectivity index (χ1) is 27.5.